The molecule has 1 unspecified atom stereocenters. The van der Waals surface area contributed by atoms with Crippen LogP contribution in [0.1, 0.15) is 18.5 Å². The molecular weight excluding hydrogens is 240 g/mol. The van der Waals surface area contributed by atoms with Gasteiger partial charge in [-0.15, -0.1) is 0 Å². The van der Waals surface area contributed by atoms with Gasteiger partial charge in [0.25, 0.3) is 0 Å². The molecule has 1 aliphatic rings. The lowest BCUT2D eigenvalue weighted by atomic mass is 9.97. The number of carbonyl (C=O) groups excluding carboxylic acids is 1. The lowest BCUT2D eigenvalue weighted by Crippen LogP contribution is -2.41. The first kappa shape index (κ1) is 13.8. The Labute approximate surface area is 114 Å². The summed E-state index contributed by atoms with van der Waals surface area (Å²) >= 11 is 0. The molecule has 0 aromatic carbocycles. The minimum absolute atomic E-state index is 0.117. The fraction of sp³-hybridized carbons (Fsp3) is 0.571. The number of rotatable bonds is 4. The summed E-state index contributed by atoms with van der Waals surface area (Å²) in [5, 5.41) is 5.86. The SMILES string of the molecule is CNC(=O)C1CCCN(Cc2cc(NC)ccn2)C1. The summed E-state index contributed by atoms with van der Waals surface area (Å²) in [6.45, 7) is 2.67. The number of piperidine rings is 1. The summed E-state index contributed by atoms with van der Waals surface area (Å²) in [6, 6.07) is 4.01. The monoisotopic (exact) mass is 262 g/mol. The number of amides is 1. The third-order valence-corrected chi connectivity index (χ3v) is 3.61. The molecule has 1 fully saturated rings. The van der Waals surface area contributed by atoms with Gasteiger partial charge in [0.15, 0.2) is 0 Å². The van der Waals surface area contributed by atoms with Gasteiger partial charge in [-0.25, -0.2) is 0 Å². The quantitative estimate of drug-likeness (QED) is 0.852. The van der Waals surface area contributed by atoms with Crippen molar-refractivity contribution in [1.29, 1.82) is 0 Å². The highest BCUT2D eigenvalue weighted by molar-refractivity contribution is 5.78. The lowest BCUT2D eigenvalue weighted by molar-refractivity contribution is -0.126. The smallest absolute Gasteiger partial charge is 0.224 e. The summed E-state index contributed by atoms with van der Waals surface area (Å²) in [4.78, 5) is 18.4. The topological polar surface area (TPSA) is 57.3 Å². The van der Waals surface area contributed by atoms with Crippen molar-refractivity contribution in [2.45, 2.75) is 19.4 Å². The molecule has 2 N–H and O–H groups in total. The second-order valence-corrected chi connectivity index (χ2v) is 4.97. The highest BCUT2D eigenvalue weighted by Crippen LogP contribution is 2.19. The highest BCUT2D eigenvalue weighted by atomic mass is 16.1. The first-order valence-corrected chi connectivity index (χ1v) is 6.79. The van der Waals surface area contributed by atoms with Gasteiger partial charge in [0.2, 0.25) is 5.91 Å². The standard InChI is InChI=1S/C14H22N4O/c1-15-12-5-6-17-13(8-12)10-18-7-3-4-11(9-18)14(19)16-2/h5-6,8,11H,3-4,7,9-10H2,1-2H3,(H,15,17)(H,16,19). The van der Waals surface area contributed by atoms with Gasteiger partial charge >= 0.3 is 0 Å². The van der Waals surface area contributed by atoms with Crippen molar-refractivity contribution in [3.63, 3.8) is 0 Å². The van der Waals surface area contributed by atoms with E-state index >= 15 is 0 Å². The van der Waals surface area contributed by atoms with Crippen LogP contribution in [0.2, 0.25) is 0 Å². The predicted octanol–water partition coefficient (Wildman–Crippen LogP) is 1.08. The fourth-order valence-corrected chi connectivity index (χ4v) is 2.57. The molecule has 0 bridgehead atoms. The minimum Gasteiger partial charge on any atom is -0.388 e. The molecule has 1 aromatic rings. The Morgan fingerprint density at radius 2 is 2.37 bits per heavy atom. The number of hydrogen-bond donors (Lipinski definition) is 2. The zero-order chi connectivity index (χ0) is 13.7. The third kappa shape index (κ3) is 3.67. The van der Waals surface area contributed by atoms with Crippen molar-refractivity contribution >= 4 is 11.6 Å². The van der Waals surface area contributed by atoms with Gasteiger partial charge in [-0.3, -0.25) is 14.7 Å². The van der Waals surface area contributed by atoms with Crippen molar-refractivity contribution in [2.75, 3.05) is 32.5 Å². The van der Waals surface area contributed by atoms with E-state index in [0.717, 1.165) is 43.9 Å². The Morgan fingerprint density at radius 1 is 1.53 bits per heavy atom. The Bertz CT molecular complexity index is 435. The maximum Gasteiger partial charge on any atom is 0.224 e. The van der Waals surface area contributed by atoms with E-state index in [1.165, 1.54) is 0 Å². The normalized spacial score (nSPS) is 20.0. The lowest BCUT2D eigenvalue weighted by Gasteiger charge is -2.31. The number of carbonyl (C=O) groups is 1. The molecule has 1 saturated heterocycles. The van der Waals surface area contributed by atoms with E-state index in [2.05, 4.69) is 26.6 Å². The first-order chi connectivity index (χ1) is 9.22. The van der Waals surface area contributed by atoms with Crippen LogP contribution in [0, 0.1) is 5.92 Å². The summed E-state index contributed by atoms with van der Waals surface area (Å²) in [6.07, 6.45) is 3.88. The maximum absolute atomic E-state index is 11.7. The molecule has 1 atom stereocenters. The zero-order valence-corrected chi connectivity index (χ0v) is 11.6. The molecule has 0 spiro atoms. The first-order valence-electron chi connectivity index (χ1n) is 6.79. The highest BCUT2D eigenvalue weighted by Gasteiger charge is 2.25. The van der Waals surface area contributed by atoms with Crippen molar-refractivity contribution in [2.24, 2.45) is 5.92 Å². The van der Waals surface area contributed by atoms with E-state index in [0.29, 0.717) is 0 Å². The zero-order valence-electron chi connectivity index (χ0n) is 11.6. The summed E-state index contributed by atoms with van der Waals surface area (Å²) in [7, 11) is 3.61. The number of aromatic nitrogens is 1. The average molecular weight is 262 g/mol. The number of pyridine rings is 1. The van der Waals surface area contributed by atoms with E-state index in [-0.39, 0.29) is 11.8 Å². The van der Waals surface area contributed by atoms with E-state index in [1.807, 2.05) is 19.3 Å². The van der Waals surface area contributed by atoms with Gasteiger partial charge in [0.05, 0.1) is 11.6 Å². The second-order valence-electron chi connectivity index (χ2n) is 4.97. The van der Waals surface area contributed by atoms with Crippen LogP contribution in [0.3, 0.4) is 0 Å². The molecule has 104 valence electrons. The van der Waals surface area contributed by atoms with Gasteiger partial charge in [-0.1, -0.05) is 0 Å². The van der Waals surface area contributed by atoms with Gasteiger partial charge in [0.1, 0.15) is 0 Å². The van der Waals surface area contributed by atoms with Gasteiger partial charge in [0, 0.05) is 39.1 Å². The van der Waals surface area contributed by atoms with Crippen LogP contribution >= 0.6 is 0 Å². The number of nitrogens with one attached hydrogen (secondary N) is 2. The maximum atomic E-state index is 11.7. The molecule has 19 heavy (non-hydrogen) atoms. The Kier molecular flexibility index (Phi) is 4.74. The van der Waals surface area contributed by atoms with Crippen LogP contribution in [0.25, 0.3) is 0 Å². The molecule has 1 aliphatic heterocycles. The van der Waals surface area contributed by atoms with Crippen LogP contribution in [0.15, 0.2) is 18.3 Å². The number of likely N-dealkylation sites (tertiary alicyclic amines) is 1. The third-order valence-electron chi connectivity index (χ3n) is 3.61. The molecule has 0 saturated carbocycles. The van der Waals surface area contributed by atoms with Crippen molar-refractivity contribution < 1.29 is 4.79 Å². The number of hydrogen-bond acceptors (Lipinski definition) is 4. The van der Waals surface area contributed by atoms with Crippen LogP contribution in [-0.2, 0) is 11.3 Å². The molecule has 0 radical (unpaired) electrons. The molecule has 5 heteroatoms. The van der Waals surface area contributed by atoms with E-state index in [4.69, 9.17) is 0 Å². The Morgan fingerprint density at radius 3 is 3.11 bits per heavy atom. The Balaban J connectivity index is 1.96. The molecule has 1 aromatic heterocycles. The van der Waals surface area contributed by atoms with Crippen molar-refractivity contribution in [3.8, 4) is 0 Å². The summed E-state index contributed by atoms with van der Waals surface area (Å²) in [5.74, 6) is 0.271. The molecule has 5 nitrogen and oxygen atoms in total. The second kappa shape index (κ2) is 6.52. The summed E-state index contributed by atoms with van der Waals surface area (Å²) < 4.78 is 0. The molecule has 2 heterocycles. The molecule has 0 aliphatic carbocycles. The molecule has 2 rings (SSSR count). The number of anilines is 1. The Hall–Kier alpha value is -1.62. The van der Waals surface area contributed by atoms with Crippen LogP contribution in [-0.4, -0.2) is 43.0 Å². The van der Waals surface area contributed by atoms with E-state index in [1.54, 1.807) is 7.05 Å². The predicted molar refractivity (Wildman–Crippen MR) is 75.9 cm³/mol. The van der Waals surface area contributed by atoms with Crippen molar-refractivity contribution in [1.82, 2.24) is 15.2 Å². The van der Waals surface area contributed by atoms with Crippen LogP contribution in [0.4, 0.5) is 5.69 Å². The van der Waals surface area contributed by atoms with Crippen LogP contribution in [0.5, 0.6) is 0 Å². The average Bonchev–Trinajstić information content (AvgIpc) is 2.47. The fourth-order valence-electron chi connectivity index (χ4n) is 2.57. The number of nitrogens with zero attached hydrogens (tertiary/aromatic N) is 2. The van der Waals surface area contributed by atoms with Gasteiger partial charge in [-0.05, 0) is 31.5 Å². The molecule has 1 amide bonds. The largest absolute Gasteiger partial charge is 0.388 e. The van der Waals surface area contributed by atoms with Crippen molar-refractivity contribution in [3.05, 3.63) is 24.0 Å². The minimum atomic E-state index is 0.117. The summed E-state index contributed by atoms with van der Waals surface area (Å²) in [5.41, 5.74) is 2.12. The van der Waals surface area contributed by atoms with Gasteiger partial charge < -0.3 is 10.6 Å². The van der Waals surface area contributed by atoms with Gasteiger partial charge in [-0.2, -0.15) is 0 Å². The van der Waals surface area contributed by atoms with E-state index in [9.17, 15) is 4.79 Å². The van der Waals surface area contributed by atoms with E-state index < -0.39 is 0 Å². The van der Waals surface area contributed by atoms with Crippen LogP contribution < -0.4 is 10.6 Å². The molecular formula is C14H22N4O.